The zero-order valence-corrected chi connectivity index (χ0v) is 38.1. The van der Waals surface area contributed by atoms with Gasteiger partial charge in [-0.2, -0.15) is 0 Å². The van der Waals surface area contributed by atoms with Crippen molar-refractivity contribution in [3.8, 4) is 11.3 Å². The van der Waals surface area contributed by atoms with Crippen molar-refractivity contribution in [3.05, 3.63) is 108 Å². The van der Waals surface area contributed by atoms with Crippen LogP contribution in [0.5, 0.6) is 0 Å². The molecule has 4 N–H and O–H groups in total. The first-order chi connectivity index (χ1) is 30.9. The maximum absolute atomic E-state index is 15.9. The molecule has 16 heteroatoms. The van der Waals surface area contributed by atoms with Crippen molar-refractivity contribution >= 4 is 35.6 Å². The number of likely N-dealkylation sites (tertiary alicyclic amines) is 2. The van der Waals surface area contributed by atoms with Crippen molar-refractivity contribution in [2.75, 3.05) is 31.1 Å². The molecule has 3 aliphatic heterocycles. The summed E-state index contributed by atoms with van der Waals surface area (Å²) in [4.78, 5) is 80.8. The largest absolute Gasteiger partial charge is 0.444 e. The fourth-order valence-electron chi connectivity index (χ4n) is 8.81. The smallest absolute Gasteiger partial charge is 0.408 e. The van der Waals surface area contributed by atoms with Crippen molar-refractivity contribution in [1.29, 1.82) is 0 Å². The Balaban J connectivity index is 0.954. The molecule has 346 valence electrons. The number of nitrogens with zero attached hydrogens (tertiary/aromatic N) is 4. The van der Waals surface area contributed by atoms with E-state index in [1.54, 1.807) is 100 Å². The lowest BCUT2D eigenvalue weighted by atomic mass is 10.0. The minimum Gasteiger partial charge on any atom is -0.444 e. The number of amides is 5. The van der Waals surface area contributed by atoms with E-state index in [9.17, 15) is 24.0 Å². The Hall–Kier alpha value is -6.45. The number of anilines is 1. The molecule has 4 heterocycles. The second-order valence-corrected chi connectivity index (χ2v) is 19.0. The summed E-state index contributed by atoms with van der Waals surface area (Å²) in [6.45, 7) is 12.4. The summed E-state index contributed by atoms with van der Waals surface area (Å²) in [5.74, 6) is -0.727. The number of benzene rings is 3. The minimum atomic E-state index is -1.03. The SMILES string of the molecule is CC(C)(C)OC(=O)N[C@@H](C(=O)N1CCC[C@H]1C(=O)NC1CCN(c2ccc(-c3cnc([C@@H]4CCCN4C(=O)[C@H](NC(=O)OC(C)(C)C)c4ccccc4)[nH]3)cc2F)CC1)c1ccccc1. The molecule has 3 saturated heterocycles. The Morgan fingerprint density at radius 2 is 1.25 bits per heavy atom. The van der Waals surface area contributed by atoms with Crippen LogP contribution in [0, 0.1) is 5.82 Å². The number of alkyl carbamates (subject to hydrolysis) is 2. The number of carbonyl (C=O) groups is 5. The van der Waals surface area contributed by atoms with Crippen LogP contribution < -0.4 is 20.9 Å². The molecule has 0 spiro atoms. The highest BCUT2D eigenvalue weighted by atomic mass is 19.1. The summed E-state index contributed by atoms with van der Waals surface area (Å²) in [5.41, 5.74) is 1.37. The van der Waals surface area contributed by atoms with Crippen molar-refractivity contribution < 1.29 is 37.8 Å². The summed E-state index contributed by atoms with van der Waals surface area (Å²) < 4.78 is 26.9. The van der Waals surface area contributed by atoms with Gasteiger partial charge in [0, 0.05) is 37.8 Å². The molecule has 1 aromatic heterocycles. The van der Waals surface area contributed by atoms with E-state index in [2.05, 4.69) is 25.9 Å². The second-order valence-electron chi connectivity index (χ2n) is 19.0. The Kier molecular flexibility index (Phi) is 14.1. The predicted octanol–water partition coefficient (Wildman–Crippen LogP) is 7.49. The number of aromatic nitrogens is 2. The van der Waals surface area contributed by atoms with Gasteiger partial charge >= 0.3 is 12.2 Å². The third-order valence-electron chi connectivity index (χ3n) is 11.8. The summed E-state index contributed by atoms with van der Waals surface area (Å²) in [7, 11) is 0. The standard InChI is InChI=1S/C49H61FN8O7/c1-48(2,3)64-46(62)54-40(31-15-9-7-10-16-31)44(60)57-25-13-19-38(57)42-51-30-36(53-42)33-21-22-37(35(50)29-33)56-27-23-34(24-28-56)52-43(59)39-20-14-26-58(39)45(61)41(32-17-11-8-12-18-32)55-47(63)65-49(4,5)6/h7-12,15-18,21-22,29-30,34,38-41H,13-14,19-20,23-28H2,1-6H3,(H,51,53)(H,52,59)(H,54,62)(H,55,63)/t38-,39-,40+,41+/m0/s1. The maximum atomic E-state index is 15.9. The quantitative estimate of drug-likeness (QED) is 0.119. The summed E-state index contributed by atoms with van der Waals surface area (Å²) in [6, 6.07) is 19.8. The number of ether oxygens (including phenoxy) is 2. The lowest BCUT2D eigenvalue weighted by Gasteiger charge is -2.35. The number of piperidine rings is 1. The van der Waals surface area contributed by atoms with Gasteiger partial charge in [-0.1, -0.05) is 66.7 Å². The fourth-order valence-corrected chi connectivity index (χ4v) is 8.81. The molecule has 4 atom stereocenters. The van der Waals surface area contributed by atoms with Crippen LogP contribution in [0.4, 0.5) is 19.7 Å². The molecule has 4 aromatic rings. The van der Waals surface area contributed by atoms with E-state index in [4.69, 9.17) is 9.47 Å². The van der Waals surface area contributed by atoms with Crippen LogP contribution in [0.25, 0.3) is 11.3 Å². The van der Waals surface area contributed by atoms with Crippen LogP contribution in [-0.4, -0.2) is 99.1 Å². The molecule has 7 rings (SSSR count). The highest BCUT2D eigenvalue weighted by Crippen LogP contribution is 2.35. The molecular formula is C49H61FN8O7. The zero-order valence-electron chi connectivity index (χ0n) is 38.1. The fraction of sp³-hybridized carbons (Fsp3) is 0.469. The molecule has 3 aliphatic rings. The Bertz CT molecular complexity index is 2320. The van der Waals surface area contributed by atoms with Crippen molar-refractivity contribution in [1.82, 2.24) is 35.7 Å². The van der Waals surface area contributed by atoms with E-state index in [1.165, 1.54) is 6.07 Å². The zero-order chi connectivity index (χ0) is 46.5. The van der Waals surface area contributed by atoms with E-state index < -0.39 is 47.3 Å². The van der Waals surface area contributed by atoms with Gasteiger partial charge in [0.05, 0.1) is 23.6 Å². The number of carbonyl (C=O) groups excluding carboxylic acids is 5. The molecule has 0 aliphatic carbocycles. The van der Waals surface area contributed by atoms with E-state index in [1.807, 2.05) is 35.2 Å². The summed E-state index contributed by atoms with van der Waals surface area (Å²) in [5, 5.41) is 8.66. The van der Waals surface area contributed by atoms with Gasteiger partial charge in [-0.15, -0.1) is 0 Å². The highest BCUT2D eigenvalue weighted by molar-refractivity contribution is 5.93. The number of rotatable bonds is 11. The molecule has 0 radical (unpaired) electrons. The average Bonchev–Trinajstić information content (AvgIpc) is 4.06. The van der Waals surface area contributed by atoms with E-state index in [0.717, 1.165) is 6.42 Å². The maximum Gasteiger partial charge on any atom is 0.408 e. The Morgan fingerprint density at radius 3 is 1.80 bits per heavy atom. The van der Waals surface area contributed by atoms with Gasteiger partial charge in [0.25, 0.3) is 11.8 Å². The van der Waals surface area contributed by atoms with E-state index >= 15 is 4.39 Å². The van der Waals surface area contributed by atoms with Gasteiger partial charge in [0.1, 0.15) is 41.0 Å². The molecule has 0 bridgehead atoms. The number of nitrogens with one attached hydrogen (secondary N) is 4. The number of imidazole rings is 1. The van der Waals surface area contributed by atoms with Crippen LogP contribution in [0.1, 0.15) is 115 Å². The van der Waals surface area contributed by atoms with Crippen molar-refractivity contribution in [3.63, 3.8) is 0 Å². The first kappa shape index (κ1) is 46.5. The lowest BCUT2D eigenvalue weighted by Crippen LogP contribution is -2.53. The van der Waals surface area contributed by atoms with Gasteiger partial charge in [-0.25, -0.2) is 19.0 Å². The average molecular weight is 893 g/mol. The highest BCUT2D eigenvalue weighted by Gasteiger charge is 2.40. The Morgan fingerprint density at radius 1 is 0.708 bits per heavy atom. The monoisotopic (exact) mass is 892 g/mol. The second kappa shape index (κ2) is 19.7. The Labute approximate surface area is 379 Å². The normalized spacial score (nSPS) is 19.0. The number of aromatic amines is 1. The van der Waals surface area contributed by atoms with Crippen LogP contribution in [0.3, 0.4) is 0 Å². The molecule has 65 heavy (non-hydrogen) atoms. The predicted molar refractivity (Wildman–Crippen MR) is 243 cm³/mol. The van der Waals surface area contributed by atoms with Crippen LogP contribution in [-0.2, 0) is 23.9 Å². The summed E-state index contributed by atoms with van der Waals surface area (Å²) in [6.07, 6.45) is 3.95. The molecule has 5 amide bonds. The van der Waals surface area contributed by atoms with Crippen molar-refractivity contribution in [2.24, 2.45) is 0 Å². The lowest BCUT2D eigenvalue weighted by molar-refractivity contribution is -0.140. The van der Waals surface area contributed by atoms with E-state index in [-0.39, 0.29) is 29.8 Å². The topological polar surface area (TPSA) is 178 Å². The summed E-state index contributed by atoms with van der Waals surface area (Å²) >= 11 is 0. The number of halogens is 1. The molecule has 0 saturated carbocycles. The first-order valence-electron chi connectivity index (χ1n) is 22.5. The number of hydrogen-bond donors (Lipinski definition) is 4. The van der Waals surface area contributed by atoms with Crippen LogP contribution >= 0.6 is 0 Å². The number of hydrogen-bond acceptors (Lipinski definition) is 9. The van der Waals surface area contributed by atoms with Gasteiger partial charge in [0.2, 0.25) is 5.91 Å². The molecular weight excluding hydrogens is 832 g/mol. The van der Waals surface area contributed by atoms with Gasteiger partial charge < -0.3 is 45.1 Å². The van der Waals surface area contributed by atoms with Gasteiger partial charge in [-0.3, -0.25) is 14.4 Å². The van der Waals surface area contributed by atoms with Gasteiger partial charge in [0.15, 0.2) is 0 Å². The molecule has 0 unspecified atom stereocenters. The minimum absolute atomic E-state index is 0.162. The van der Waals surface area contributed by atoms with E-state index in [0.29, 0.717) is 92.2 Å². The van der Waals surface area contributed by atoms with Gasteiger partial charge in [-0.05, 0) is 103 Å². The molecule has 3 aromatic carbocycles. The van der Waals surface area contributed by atoms with Crippen LogP contribution in [0.2, 0.25) is 0 Å². The van der Waals surface area contributed by atoms with Crippen LogP contribution in [0.15, 0.2) is 85.1 Å². The number of H-pyrrole nitrogens is 1. The van der Waals surface area contributed by atoms with Crippen molar-refractivity contribution in [2.45, 2.75) is 121 Å². The first-order valence-corrected chi connectivity index (χ1v) is 22.5. The molecule has 3 fully saturated rings. The third kappa shape index (κ3) is 11.6. The third-order valence-corrected chi connectivity index (χ3v) is 11.8. The molecule has 15 nitrogen and oxygen atoms in total.